The van der Waals surface area contributed by atoms with Gasteiger partial charge in [-0.2, -0.15) is 0 Å². The van der Waals surface area contributed by atoms with Crippen LogP contribution in [0.1, 0.15) is 16.8 Å². The minimum absolute atomic E-state index is 0.0682. The first-order valence-corrected chi connectivity index (χ1v) is 5.42. The van der Waals surface area contributed by atoms with Gasteiger partial charge in [0, 0.05) is 18.7 Å². The second kappa shape index (κ2) is 5.09. The maximum absolute atomic E-state index is 12.9. The zero-order valence-corrected chi connectivity index (χ0v) is 9.41. The summed E-state index contributed by atoms with van der Waals surface area (Å²) in [6, 6.07) is 5.06. The number of hydrogen-bond donors (Lipinski definition) is 0. The van der Waals surface area contributed by atoms with Crippen LogP contribution in [0.4, 0.5) is 10.1 Å². The van der Waals surface area contributed by atoms with E-state index in [1.165, 1.54) is 29.3 Å². The minimum atomic E-state index is -0.977. The summed E-state index contributed by atoms with van der Waals surface area (Å²) in [6.45, 7) is 0.429. The van der Waals surface area contributed by atoms with Gasteiger partial charge in [-0.1, -0.05) is 0 Å². The summed E-state index contributed by atoms with van der Waals surface area (Å²) < 4.78 is 12.9. The van der Waals surface area contributed by atoms with Gasteiger partial charge < -0.3 is 4.84 Å². The molecule has 0 amide bonds. The van der Waals surface area contributed by atoms with Crippen molar-refractivity contribution in [2.24, 2.45) is 0 Å². The van der Waals surface area contributed by atoms with Crippen LogP contribution in [0.2, 0.25) is 0 Å². The summed E-state index contributed by atoms with van der Waals surface area (Å²) in [6.07, 6.45) is -0.636. The zero-order chi connectivity index (χ0) is 13.1. The molecule has 0 saturated carbocycles. The van der Waals surface area contributed by atoms with Gasteiger partial charge in [0.25, 0.3) is 5.69 Å². The lowest BCUT2D eigenvalue weighted by atomic mass is 10.2. The molecule has 0 spiro atoms. The third-order valence-corrected chi connectivity index (χ3v) is 2.62. The van der Waals surface area contributed by atoms with E-state index in [0.717, 1.165) is 0 Å². The van der Waals surface area contributed by atoms with Crippen molar-refractivity contribution in [1.82, 2.24) is 5.06 Å². The number of hydrogen-bond acceptors (Lipinski definition) is 5. The van der Waals surface area contributed by atoms with Crippen LogP contribution < -0.4 is 0 Å². The molecule has 0 N–H and O–H groups in total. The summed E-state index contributed by atoms with van der Waals surface area (Å²) in [5.41, 5.74) is 0.0967. The van der Waals surface area contributed by atoms with Crippen molar-refractivity contribution in [3.05, 3.63) is 39.9 Å². The number of carbonyl (C=O) groups excluding carboxylic acids is 1. The Kier molecular flexibility index (Phi) is 3.52. The van der Waals surface area contributed by atoms with Crippen LogP contribution in [0.15, 0.2) is 24.3 Å². The molecular weight excluding hydrogens is 243 g/mol. The van der Waals surface area contributed by atoms with E-state index in [1.807, 2.05) is 0 Å². The quantitative estimate of drug-likeness (QED) is 0.606. The fourth-order valence-corrected chi connectivity index (χ4v) is 1.66. The normalized spacial score (nSPS) is 19.7. The Balaban J connectivity index is 1.98. The highest BCUT2D eigenvalue weighted by molar-refractivity contribution is 5.89. The average molecular weight is 254 g/mol. The molecule has 1 aliphatic rings. The van der Waals surface area contributed by atoms with Gasteiger partial charge in [0.2, 0.25) is 0 Å². The van der Waals surface area contributed by atoms with Gasteiger partial charge in [-0.3, -0.25) is 10.1 Å². The number of hydroxylamine groups is 2. The highest BCUT2D eigenvalue weighted by atomic mass is 19.1. The van der Waals surface area contributed by atoms with Crippen molar-refractivity contribution in [1.29, 1.82) is 0 Å². The standard InChI is InChI=1S/C11H11FN2O4/c12-9-5-6-13(7-9)18-11(15)8-1-3-10(4-2-8)14(16)17/h1-4,9H,5-7H2/t9-/m0/s1. The van der Waals surface area contributed by atoms with E-state index in [4.69, 9.17) is 4.84 Å². The SMILES string of the molecule is O=C(ON1CC[C@H](F)C1)c1ccc([N+](=O)[O-])cc1. The molecule has 96 valence electrons. The summed E-state index contributed by atoms with van der Waals surface area (Å²) in [5, 5.41) is 11.7. The van der Waals surface area contributed by atoms with E-state index in [1.54, 1.807) is 0 Å². The molecule has 7 heteroatoms. The monoisotopic (exact) mass is 254 g/mol. The Bertz CT molecular complexity index is 463. The molecule has 0 radical (unpaired) electrons. The minimum Gasteiger partial charge on any atom is -0.364 e. The van der Waals surface area contributed by atoms with Gasteiger partial charge in [0.05, 0.1) is 17.0 Å². The molecule has 1 fully saturated rings. The van der Waals surface area contributed by atoms with Crippen LogP contribution in [-0.4, -0.2) is 35.2 Å². The largest absolute Gasteiger partial charge is 0.364 e. The molecule has 0 bridgehead atoms. The summed E-state index contributed by atoms with van der Waals surface area (Å²) in [5.74, 6) is -0.640. The molecule has 0 unspecified atom stereocenters. The molecule has 0 aromatic heterocycles. The lowest BCUT2D eigenvalue weighted by Gasteiger charge is -2.13. The predicted molar refractivity (Wildman–Crippen MR) is 59.6 cm³/mol. The lowest BCUT2D eigenvalue weighted by molar-refractivity contribution is -0.384. The molecular formula is C11H11FN2O4. The molecule has 1 heterocycles. The van der Waals surface area contributed by atoms with E-state index in [2.05, 4.69) is 0 Å². The third kappa shape index (κ3) is 2.80. The van der Waals surface area contributed by atoms with E-state index >= 15 is 0 Å². The molecule has 2 rings (SSSR count). The Morgan fingerprint density at radius 3 is 2.61 bits per heavy atom. The van der Waals surface area contributed by atoms with Crippen LogP contribution in [0.3, 0.4) is 0 Å². The van der Waals surface area contributed by atoms with Crippen LogP contribution in [-0.2, 0) is 4.84 Å². The third-order valence-electron chi connectivity index (χ3n) is 2.62. The Morgan fingerprint density at radius 2 is 2.11 bits per heavy atom. The molecule has 18 heavy (non-hydrogen) atoms. The number of nitrogens with zero attached hydrogens (tertiary/aromatic N) is 2. The van der Waals surface area contributed by atoms with Gasteiger partial charge in [-0.15, -0.1) is 5.06 Å². The van der Waals surface area contributed by atoms with Crippen LogP contribution in [0.25, 0.3) is 0 Å². The first-order valence-electron chi connectivity index (χ1n) is 5.42. The Hall–Kier alpha value is -2.02. The van der Waals surface area contributed by atoms with E-state index in [0.29, 0.717) is 13.0 Å². The highest BCUT2D eigenvalue weighted by Gasteiger charge is 2.25. The van der Waals surface area contributed by atoms with Crippen molar-refractivity contribution in [3.8, 4) is 0 Å². The van der Waals surface area contributed by atoms with Crippen LogP contribution in [0, 0.1) is 10.1 Å². The fraction of sp³-hybridized carbons (Fsp3) is 0.364. The van der Waals surface area contributed by atoms with Gasteiger partial charge in [-0.05, 0) is 18.6 Å². The highest BCUT2D eigenvalue weighted by Crippen LogP contribution is 2.16. The van der Waals surface area contributed by atoms with Crippen molar-refractivity contribution < 1.29 is 18.9 Å². The van der Waals surface area contributed by atoms with Gasteiger partial charge in [0.15, 0.2) is 0 Å². The van der Waals surface area contributed by atoms with Crippen LogP contribution in [0.5, 0.6) is 0 Å². The van der Waals surface area contributed by atoms with Crippen molar-refractivity contribution >= 4 is 11.7 Å². The number of nitro benzene ring substituents is 1. The number of benzene rings is 1. The number of non-ortho nitro benzene ring substituents is 1. The lowest BCUT2D eigenvalue weighted by Crippen LogP contribution is -2.25. The number of carbonyl (C=O) groups is 1. The smallest absolute Gasteiger partial charge is 0.357 e. The molecule has 1 saturated heterocycles. The van der Waals surface area contributed by atoms with E-state index in [-0.39, 0.29) is 17.8 Å². The molecule has 1 atom stereocenters. The summed E-state index contributed by atoms with van der Waals surface area (Å²) >= 11 is 0. The predicted octanol–water partition coefficient (Wildman–Crippen LogP) is 1.71. The van der Waals surface area contributed by atoms with Crippen molar-refractivity contribution in [2.75, 3.05) is 13.1 Å². The first kappa shape index (κ1) is 12.4. The zero-order valence-electron chi connectivity index (χ0n) is 9.41. The number of rotatable bonds is 3. The molecule has 1 aromatic rings. The first-order chi connectivity index (χ1) is 8.56. The van der Waals surface area contributed by atoms with Crippen LogP contribution >= 0.6 is 0 Å². The molecule has 0 aliphatic carbocycles. The number of nitro groups is 1. The summed E-state index contributed by atoms with van der Waals surface area (Å²) in [4.78, 5) is 26.5. The Morgan fingerprint density at radius 1 is 1.44 bits per heavy atom. The molecule has 6 nitrogen and oxygen atoms in total. The van der Waals surface area contributed by atoms with E-state index in [9.17, 15) is 19.3 Å². The van der Waals surface area contributed by atoms with Gasteiger partial charge in [-0.25, -0.2) is 9.18 Å². The fourth-order valence-electron chi connectivity index (χ4n) is 1.66. The maximum atomic E-state index is 12.9. The molecule has 1 aromatic carbocycles. The van der Waals surface area contributed by atoms with Gasteiger partial charge in [0.1, 0.15) is 6.17 Å². The number of halogens is 1. The molecule has 1 aliphatic heterocycles. The van der Waals surface area contributed by atoms with Crippen molar-refractivity contribution in [3.63, 3.8) is 0 Å². The second-order valence-corrected chi connectivity index (χ2v) is 3.96. The van der Waals surface area contributed by atoms with Crippen molar-refractivity contribution in [2.45, 2.75) is 12.6 Å². The van der Waals surface area contributed by atoms with E-state index < -0.39 is 17.1 Å². The summed E-state index contributed by atoms with van der Waals surface area (Å²) in [7, 11) is 0. The second-order valence-electron chi connectivity index (χ2n) is 3.96. The Labute approximate surface area is 102 Å². The topological polar surface area (TPSA) is 72.7 Å². The number of alkyl halides is 1. The van der Waals surface area contributed by atoms with Gasteiger partial charge >= 0.3 is 5.97 Å². The average Bonchev–Trinajstić information content (AvgIpc) is 2.75. The maximum Gasteiger partial charge on any atom is 0.357 e.